The molecule has 0 bridgehead atoms. The highest BCUT2D eigenvalue weighted by Gasteiger charge is 2.32. The zero-order chi connectivity index (χ0) is 37.8. The molecule has 0 saturated carbocycles. The van der Waals surface area contributed by atoms with Crippen LogP contribution in [0.5, 0.6) is 11.5 Å². The van der Waals surface area contributed by atoms with E-state index >= 15 is 0 Å². The Labute approximate surface area is 328 Å². The van der Waals surface area contributed by atoms with Crippen molar-refractivity contribution in [2.45, 2.75) is 39.1 Å². The number of hydrogen-bond acceptors (Lipinski definition) is 6. The molecule has 0 spiro atoms. The fraction of sp³-hybridized carbons (Fsp3) is 0.120. The summed E-state index contributed by atoms with van der Waals surface area (Å²) in [6, 6.07) is 56.4. The Balaban J connectivity index is 1.15. The maximum Gasteiger partial charge on any atom is 0.169 e. The van der Waals surface area contributed by atoms with Crippen LogP contribution in [0, 0.1) is 0 Å². The summed E-state index contributed by atoms with van der Waals surface area (Å²) in [6.07, 6.45) is 5.44. The van der Waals surface area contributed by atoms with Crippen LogP contribution >= 0.6 is 0 Å². The number of ether oxygens (including phenoxy) is 6. The van der Waals surface area contributed by atoms with Crippen molar-refractivity contribution < 1.29 is 28.4 Å². The summed E-state index contributed by atoms with van der Waals surface area (Å²) in [5, 5.41) is 0. The van der Waals surface area contributed by atoms with Crippen molar-refractivity contribution in [2.75, 3.05) is 0 Å². The van der Waals surface area contributed by atoms with E-state index in [4.69, 9.17) is 28.4 Å². The molecule has 6 heteroatoms. The predicted octanol–water partition coefficient (Wildman–Crippen LogP) is 11.3. The molecule has 1 unspecified atom stereocenters. The van der Waals surface area contributed by atoms with Gasteiger partial charge in [-0.2, -0.15) is 0 Å². The standard InChI is InChI=1S/C50H42O6/c1-6-16-37(17-7-1)32-51-43-29-46(53-34-39-20-10-3-11-21-39)44-31-49(55-36-41-24-14-5-15-25-41)50(56-47(44)30-43)42-26-27-45(52-33-38-18-8-2-9-19-38)48(28-42)54-35-40-22-12-4-13-23-40/h1-31,47H,32-36H2. The van der Waals surface area contributed by atoms with E-state index in [1.165, 1.54) is 0 Å². The van der Waals surface area contributed by atoms with Crippen molar-refractivity contribution in [2.24, 2.45) is 0 Å². The molecule has 1 aliphatic heterocycles. The van der Waals surface area contributed by atoms with Crippen LogP contribution in [0.3, 0.4) is 0 Å². The van der Waals surface area contributed by atoms with E-state index in [0.717, 1.165) is 39.0 Å². The lowest BCUT2D eigenvalue weighted by Crippen LogP contribution is -2.24. The van der Waals surface area contributed by atoms with Crippen LogP contribution in [-0.2, 0) is 52.0 Å². The Morgan fingerprint density at radius 1 is 0.411 bits per heavy atom. The normalized spacial score (nSPS) is 14.6. The molecule has 278 valence electrons. The van der Waals surface area contributed by atoms with Gasteiger partial charge in [0.1, 0.15) is 50.7 Å². The van der Waals surface area contributed by atoms with Crippen LogP contribution < -0.4 is 9.47 Å². The highest BCUT2D eigenvalue weighted by Crippen LogP contribution is 2.41. The zero-order valence-electron chi connectivity index (χ0n) is 31.0. The minimum absolute atomic E-state index is 0.346. The summed E-state index contributed by atoms with van der Waals surface area (Å²) < 4.78 is 39.3. The molecule has 0 N–H and O–H groups in total. The summed E-state index contributed by atoms with van der Waals surface area (Å²) >= 11 is 0. The first-order valence-corrected chi connectivity index (χ1v) is 18.8. The lowest BCUT2D eigenvalue weighted by Gasteiger charge is -2.31. The number of allylic oxidation sites excluding steroid dienone is 2. The molecule has 8 rings (SSSR count). The van der Waals surface area contributed by atoms with Crippen LogP contribution in [0.25, 0.3) is 5.76 Å². The minimum Gasteiger partial charge on any atom is -0.489 e. The van der Waals surface area contributed by atoms with E-state index in [0.29, 0.717) is 67.6 Å². The van der Waals surface area contributed by atoms with Gasteiger partial charge in [-0.1, -0.05) is 152 Å². The molecule has 0 saturated heterocycles. The van der Waals surface area contributed by atoms with E-state index in [9.17, 15) is 0 Å². The van der Waals surface area contributed by atoms with E-state index in [-0.39, 0.29) is 0 Å². The van der Waals surface area contributed by atoms with Crippen LogP contribution in [0.1, 0.15) is 33.4 Å². The summed E-state index contributed by atoms with van der Waals surface area (Å²) in [5.74, 6) is 3.67. The maximum absolute atomic E-state index is 6.94. The van der Waals surface area contributed by atoms with Crippen LogP contribution in [0.2, 0.25) is 0 Å². The molecule has 0 radical (unpaired) electrons. The third-order valence-electron chi connectivity index (χ3n) is 9.34. The zero-order valence-corrected chi connectivity index (χ0v) is 31.0. The van der Waals surface area contributed by atoms with E-state index in [1.807, 2.05) is 188 Å². The fourth-order valence-corrected chi connectivity index (χ4v) is 6.38. The van der Waals surface area contributed by atoms with E-state index in [2.05, 4.69) is 0 Å². The lowest BCUT2D eigenvalue weighted by molar-refractivity contribution is 0.141. The maximum atomic E-state index is 6.94. The largest absolute Gasteiger partial charge is 0.489 e. The van der Waals surface area contributed by atoms with E-state index in [1.54, 1.807) is 0 Å². The van der Waals surface area contributed by atoms with Crippen LogP contribution in [0.4, 0.5) is 0 Å². The van der Waals surface area contributed by atoms with Gasteiger partial charge in [-0.3, -0.25) is 0 Å². The second-order valence-electron chi connectivity index (χ2n) is 13.4. The average molecular weight is 739 g/mol. The highest BCUT2D eigenvalue weighted by molar-refractivity contribution is 5.70. The second kappa shape index (κ2) is 17.9. The molecule has 0 aromatic heterocycles. The first-order chi connectivity index (χ1) is 27.7. The van der Waals surface area contributed by atoms with Gasteiger partial charge in [-0.15, -0.1) is 0 Å². The Hall–Kier alpha value is -6.92. The fourth-order valence-electron chi connectivity index (χ4n) is 6.38. The van der Waals surface area contributed by atoms with Gasteiger partial charge in [0.05, 0.1) is 0 Å². The molecule has 1 aliphatic carbocycles. The molecule has 56 heavy (non-hydrogen) atoms. The first-order valence-electron chi connectivity index (χ1n) is 18.8. The molecular formula is C50H42O6. The molecule has 0 fully saturated rings. The predicted molar refractivity (Wildman–Crippen MR) is 218 cm³/mol. The number of benzene rings is 6. The molecule has 6 aromatic carbocycles. The highest BCUT2D eigenvalue weighted by atomic mass is 16.5. The van der Waals surface area contributed by atoms with Gasteiger partial charge in [-0.25, -0.2) is 0 Å². The number of hydrogen-bond donors (Lipinski definition) is 0. The van der Waals surface area contributed by atoms with Gasteiger partial charge in [0.25, 0.3) is 0 Å². The molecule has 6 aromatic rings. The van der Waals surface area contributed by atoms with Gasteiger partial charge in [0, 0.05) is 23.3 Å². The van der Waals surface area contributed by atoms with Gasteiger partial charge >= 0.3 is 0 Å². The Kier molecular flexibility index (Phi) is 11.6. The van der Waals surface area contributed by atoms with Crippen molar-refractivity contribution in [3.05, 3.63) is 244 Å². The smallest absolute Gasteiger partial charge is 0.169 e. The van der Waals surface area contributed by atoms with Crippen LogP contribution in [-0.4, -0.2) is 6.10 Å². The van der Waals surface area contributed by atoms with Gasteiger partial charge < -0.3 is 28.4 Å². The summed E-state index contributed by atoms with van der Waals surface area (Å²) in [5.41, 5.74) is 6.87. The number of rotatable bonds is 16. The van der Waals surface area contributed by atoms with Crippen molar-refractivity contribution in [3.8, 4) is 11.5 Å². The van der Waals surface area contributed by atoms with E-state index < -0.39 is 6.10 Å². The Morgan fingerprint density at radius 3 is 1.38 bits per heavy atom. The average Bonchev–Trinajstić information content (AvgIpc) is 3.27. The molecule has 1 heterocycles. The quantitative estimate of drug-likeness (QED) is 0.0985. The SMILES string of the molecule is C1=C(OCc2ccccc2)C=C(OCc2ccccc2)C2=CC(OCc3ccccc3)=C(c3ccc(OCc4ccccc4)c(OCc4ccccc4)c3)OC12. The van der Waals surface area contributed by atoms with Crippen molar-refractivity contribution in [3.63, 3.8) is 0 Å². The molecule has 1 atom stereocenters. The van der Waals surface area contributed by atoms with Gasteiger partial charge in [0.15, 0.2) is 23.0 Å². The van der Waals surface area contributed by atoms with Crippen molar-refractivity contribution >= 4 is 5.76 Å². The van der Waals surface area contributed by atoms with Gasteiger partial charge in [-0.05, 0) is 52.1 Å². The summed E-state index contributed by atoms with van der Waals surface area (Å²) in [4.78, 5) is 0. The van der Waals surface area contributed by atoms with Crippen molar-refractivity contribution in [1.82, 2.24) is 0 Å². The summed E-state index contributed by atoms with van der Waals surface area (Å²) in [6.45, 7) is 1.90. The third-order valence-corrected chi connectivity index (χ3v) is 9.34. The monoisotopic (exact) mass is 738 g/mol. The van der Waals surface area contributed by atoms with Crippen LogP contribution in [0.15, 0.2) is 211 Å². The minimum atomic E-state index is -0.515. The lowest BCUT2D eigenvalue weighted by atomic mass is 9.96. The topological polar surface area (TPSA) is 55.4 Å². The summed E-state index contributed by atoms with van der Waals surface area (Å²) in [7, 11) is 0. The number of fused-ring (bicyclic) bond motifs is 1. The van der Waals surface area contributed by atoms with Crippen molar-refractivity contribution in [1.29, 1.82) is 0 Å². The molecule has 0 amide bonds. The second-order valence-corrected chi connectivity index (χ2v) is 13.4. The molecular weight excluding hydrogens is 697 g/mol. The molecule has 6 nitrogen and oxygen atoms in total. The van der Waals surface area contributed by atoms with Gasteiger partial charge in [0.2, 0.25) is 0 Å². The Morgan fingerprint density at radius 2 is 0.857 bits per heavy atom. The first kappa shape index (κ1) is 36.1. The third kappa shape index (κ3) is 9.41. The molecule has 2 aliphatic rings. The Bertz CT molecular complexity index is 2320.